The van der Waals surface area contributed by atoms with Crippen molar-refractivity contribution < 1.29 is 33.5 Å². The van der Waals surface area contributed by atoms with Crippen molar-refractivity contribution in [2.24, 2.45) is 0 Å². The van der Waals surface area contributed by atoms with Gasteiger partial charge in [-0.3, -0.25) is 0 Å². The van der Waals surface area contributed by atoms with E-state index in [1.54, 1.807) is 27.4 Å². The number of hydrogen-bond acceptors (Lipinski definition) is 7. The molecule has 0 saturated carbocycles. The third-order valence-electron chi connectivity index (χ3n) is 3.88. The highest BCUT2D eigenvalue weighted by Gasteiger charge is 2.45. The Balaban J connectivity index is 2.09. The summed E-state index contributed by atoms with van der Waals surface area (Å²) in [6.07, 6.45) is -1.93. The Morgan fingerprint density at radius 1 is 1.04 bits per heavy atom. The molecule has 0 unspecified atom stereocenters. The van der Waals surface area contributed by atoms with Gasteiger partial charge in [-0.2, -0.15) is 0 Å². The van der Waals surface area contributed by atoms with Gasteiger partial charge in [0.1, 0.15) is 29.8 Å². The fraction of sp³-hybridized carbons (Fsp3) is 0.625. The summed E-state index contributed by atoms with van der Waals surface area (Å²) in [5, 5.41) is 9.47. The number of benzene rings is 1. The van der Waals surface area contributed by atoms with E-state index in [4.69, 9.17) is 28.4 Å². The molecule has 1 aliphatic heterocycles. The molecule has 130 valence electrons. The predicted octanol–water partition coefficient (Wildman–Crippen LogP) is 0.968. The summed E-state index contributed by atoms with van der Waals surface area (Å²) in [4.78, 5) is 0. The number of ether oxygens (including phenoxy) is 6. The van der Waals surface area contributed by atoms with Crippen LogP contribution in [0.3, 0.4) is 0 Å². The van der Waals surface area contributed by atoms with Crippen molar-refractivity contribution in [3.63, 3.8) is 0 Å². The molecule has 0 bridgehead atoms. The Kier molecular flexibility index (Phi) is 6.61. The standard InChI is InChI=1S/C16H24O7/c1-18-11-6-5-10(12(7-11)19-2)9-22-14-13(8-17)23-16(21-4)15(14)20-3/h5-7,13-17H,8-9H2,1-4H3/t13-,14+,15-,16-/m1/s1. The van der Waals surface area contributed by atoms with Crippen LogP contribution in [0.1, 0.15) is 5.56 Å². The zero-order valence-corrected chi connectivity index (χ0v) is 13.9. The SMILES string of the molecule is COc1ccc(CO[C@@H]2[C@@H](OC)[C@H](OC)O[C@@H]2CO)c(OC)c1. The fourth-order valence-corrected chi connectivity index (χ4v) is 2.63. The second-order valence-corrected chi connectivity index (χ2v) is 5.11. The van der Waals surface area contributed by atoms with Crippen LogP contribution in [0.5, 0.6) is 11.5 Å². The zero-order valence-electron chi connectivity index (χ0n) is 13.9. The van der Waals surface area contributed by atoms with Crippen LogP contribution in [0.15, 0.2) is 18.2 Å². The lowest BCUT2D eigenvalue weighted by Crippen LogP contribution is -2.38. The molecule has 1 saturated heterocycles. The third-order valence-corrected chi connectivity index (χ3v) is 3.88. The van der Waals surface area contributed by atoms with Crippen LogP contribution in [0.4, 0.5) is 0 Å². The monoisotopic (exact) mass is 328 g/mol. The molecule has 2 rings (SSSR count). The minimum Gasteiger partial charge on any atom is -0.497 e. The summed E-state index contributed by atoms with van der Waals surface area (Å²) < 4.78 is 32.7. The maximum absolute atomic E-state index is 9.47. The molecule has 23 heavy (non-hydrogen) atoms. The molecule has 1 fully saturated rings. The maximum Gasteiger partial charge on any atom is 0.186 e. The second kappa shape index (κ2) is 8.47. The van der Waals surface area contributed by atoms with Gasteiger partial charge < -0.3 is 33.5 Å². The van der Waals surface area contributed by atoms with E-state index in [-0.39, 0.29) is 13.2 Å². The summed E-state index contributed by atoms with van der Waals surface area (Å²) in [6.45, 7) is 0.109. The molecule has 0 amide bonds. The van der Waals surface area contributed by atoms with E-state index in [2.05, 4.69) is 0 Å². The Morgan fingerprint density at radius 2 is 1.83 bits per heavy atom. The van der Waals surface area contributed by atoms with Gasteiger partial charge >= 0.3 is 0 Å². The largest absolute Gasteiger partial charge is 0.497 e. The van der Waals surface area contributed by atoms with Crippen molar-refractivity contribution in [2.45, 2.75) is 31.2 Å². The number of aliphatic hydroxyl groups is 1. The molecule has 1 aliphatic rings. The van der Waals surface area contributed by atoms with Crippen LogP contribution in [0, 0.1) is 0 Å². The summed E-state index contributed by atoms with van der Waals surface area (Å²) >= 11 is 0. The molecule has 4 atom stereocenters. The molecule has 1 heterocycles. The van der Waals surface area contributed by atoms with Gasteiger partial charge in [0.15, 0.2) is 6.29 Å². The molecule has 0 aliphatic carbocycles. The normalized spacial score (nSPS) is 27.2. The first kappa shape index (κ1) is 18.0. The van der Waals surface area contributed by atoms with Gasteiger partial charge in [-0.15, -0.1) is 0 Å². The van der Waals surface area contributed by atoms with E-state index in [0.29, 0.717) is 11.5 Å². The molecule has 0 radical (unpaired) electrons. The van der Waals surface area contributed by atoms with Gasteiger partial charge in [0.25, 0.3) is 0 Å². The highest BCUT2D eigenvalue weighted by molar-refractivity contribution is 5.40. The van der Waals surface area contributed by atoms with Crippen LogP contribution >= 0.6 is 0 Å². The van der Waals surface area contributed by atoms with Crippen molar-refractivity contribution in [3.05, 3.63) is 23.8 Å². The summed E-state index contributed by atoms with van der Waals surface area (Å²) in [5.41, 5.74) is 0.862. The molecule has 0 spiro atoms. The first-order valence-corrected chi connectivity index (χ1v) is 7.32. The Hall–Kier alpha value is -1.38. The molecule has 7 nitrogen and oxygen atoms in total. The first-order valence-electron chi connectivity index (χ1n) is 7.32. The lowest BCUT2D eigenvalue weighted by Gasteiger charge is -2.22. The Morgan fingerprint density at radius 3 is 2.39 bits per heavy atom. The quantitative estimate of drug-likeness (QED) is 0.762. The average Bonchev–Trinajstić information content (AvgIpc) is 2.96. The molecular weight excluding hydrogens is 304 g/mol. The fourth-order valence-electron chi connectivity index (χ4n) is 2.63. The molecular formula is C16H24O7. The van der Waals surface area contributed by atoms with E-state index >= 15 is 0 Å². The Labute approximate surface area is 136 Å². The highest BCUT2D eigenvalue weighted by Crippen LogP contribution is 2.30. The highest BCUT2D eigenvalue weighted by atomic mass is 16.7. The van der Waals surface area contributed by atoms with Crippen molar-refractivity contribution in [1.82, 2.24) is 0 Å². The summed E-state index contributed by atoms with van der Waals surface area (Å²) in [6, 6.07) is 5.50. The van der Waals surface area contributed by atoms with Crippen LogP contribution in [0.25, 0.3) is 0 Å². The second-order valence-electron chi connectivity index (χ2n) is 5.11. The van der Waals surface area contributed by atoms with Gasteiger partial charge in [0.2, 0.25) is 0 Å². The zero-order chi connectivity index (χ0) is 16.8. The van der Waals surface area contributed by atoms with Crippen LogP contribution in [0.2, 0.25) is 0 Å². The minimum absolute atomic E-state index is 0.176. The molecule has 1 N–H and O–H groups in total. The van der Waals surface area contributed by atoms with E-state index < -0.39 is 24.6 Å². The number of methoxy groups -OCH3 is 4. The lowest BCUT2D eigenvalue weighted by molar-refractivity contribution is -0.159. The topological polar surface area (TPSA) is 75.6 Å². The van der Waals surface area contributed by atoms with Crippen LogP contribution in [-0.4, -0.2) is 64.8 Å². The van der Waals surface area contributed by atoms with Crippen molar-refractivity contribution >= 4 is 0 Å². The molecule has 0 aromatic heterocycles. The van der Waals surface area contributed by atoms with E-state index in [1.165, 1.54) is 7.11 Å². The van der Waals surface area contributed by atoms with E-state index in [9.17, 15) is 5.11 Å². The smallest absolute Gasteiger partial charge is 0.186 e. The van der Waals surface area contributed by atoms with Gasteiger partial charge in [-0.25, -0.2) is 0 Å². The average molecular weight is 328 g/mol. The molecule has 1 aromatic carbocycles. The van der Waals surface area contributed by atoms with Crippen molar-refractivity contribution in [2.75, 3.05) is 35.0 Å². The van der Waals surface area contributed by atoms with Gasteiger partial charge in [0, 0.05) is 25.8 Å². The summed E-state index contributed by atoms with van der Waals surface area (Å²) in [5.74, 6) is 1.37. The van der Waals surface area contributed by atoms with Gasteiger partial charge in [-0.05, 0) is 12.1 Å². The van der Waals surface area contributed by atoms with E-state index in [1.807, 2.05) is 12.1 Å². The first-order chi connectivity index (χ1) is 11.2. The van der Waals surface area contributed by atoms with Crippen molar-refractivity contribution in [1.29, 1.82) is 0 Å². The summed E-state index contributed by atoms with van der Waals surface area (Å²) in [7, 11) is 6.28. The molecule has 1 aromatic rings. The predicted molar refractivity (Wildman–Crippen MR) is 81.7 cm³/mol. The number of rotatable bonds is 8. The van der Waals surface area contributed by atoms with Crippen LogP contribution in [-0.2, 0) is 25.6 Å². The number of aliphatic hydroxyl groups excluding tert-OH is 1. The van der Waals surface area contributed by atoms with Crippen molar-refractivity contribution in [3.8, 4) is 11.5 Å². The number of hydrogen-bond donors (Lipinski definition) is 1. The minimum atomic E-state index is -0.570. The van der Waals surface area contributed by atoms with E-state index in [0.717, 1.165) is 5.56 Å². The van der Waals surface area contributed by atoms with Gasteiger partial charge in [-0.1, -0.05) is 0 Å². The molecule has 7 heteroatoms. The van der Waals surface area contributed by atoms with Crippen LogP contribution < -0.4 is 9.47 Å². The Bertz CT molecular complexity index is 493. The third kappa shape index (κ3) is 3.94. The maximum atomic E-state index is 9.47. The van der Waals surface area contributed by atoms with Gasteiger partial charge in [0.05, 0.1) is 27.4 Å². The lowest BCUT2D eigenvalue weighted by atomic mass is 10.1.